The fourth-order valence-corrected chi connectivity index (χ4v) is 2.55. The molecule has 1 atom stereocenters. The van der Waals surface area contributed by atoms with Crippen molar-refractivity contribution in [3.63, 3.8) is 0 Å². The van der Waals surface area contributed by atoms with Crippen LogP contribution in [0.3, 0.4) is 0 Å². The number of carbonyl (C=O) groups is 2. The van der Waals surface area contributed by atoms with Crippen LogP contribution in [0.5, 0.6) is 0 Å². The first-order valence-corrected chi connectivity index (χ1v) is 7.05. The van der Waals surface area contributed by atoms with Gasteiger partial charge in [-0.1, -0.05) is 30.3 Å². The van der Waals surface area contributed by atoms with E-state index in [1.807, 2.05) is 0 Å². The number of hydrogen-bond acceptors (Lipinski definition) is 4. The van der Waals surface area contributed by atoms with Gasteiger partial charge in [0.15, 0.2) is 15.6 Å². The summed E-state index contributed by atoms with van der Waals surface area (Å²) in [7, 11) is -3.58. The normalized spacial score (nSPS) is 13.1. The van der Waals surface area contributed by atoms with Crippen LogP contribution in [-0.4, -0.2) is 31.5 Å². The molecule has 0 saturated carbocycles. The molecule has 17 heavy (non-hydrogen) atoms. The SMILES string of the molecule is CC(=O)CC(C(=O)c1ccccc1)S(C)(=O)=O. The highest BCUT2D eigenvalue weighted by Gasteiger charge is 2.30. The Morgan fingerprint density at radius 3 is 2.12 bits per heavy atom. The van der Waals surface area contributed by atoms with Crippen molar-refractivity contribution in [2.24, 2.45) is 0 Å². The molecular weight excluding hydrogens is 240 g/mol. The average molecular weight is 254 g/mol. The van der Waals surface area contributed by atoms with E-state index in [-0.39, 0.29) is 12.2 Å². The summed E-state index contributed by atoms with van der Waals surface area (Å²) in [6.45, 7) is 1.27. The molecule has 0 saturated heterocycles. The van der Waals surface area contributed by atoms with E-state index in [2.05, 4.69) is 0 Å². The summed E-state index contributed by atoms with van der Waals surface area (Å²) in [5.74, 6) is -0.840. The molecule has 0 N–H and O–H groups in total. The minimum atomic E-state index is -3.58. The van der Waals surface area contributed by atoms with Crippen LogP contribution in [0.1, 0.15) is 23.7 Å². The van der Waals surface area contributed by atoms with Gasteiger partial charge in [0, 0.05) is 18.2 Å². The molecule has 0 aliphatic carbocycles. The lowest BCUT2D eigenvalue weighted by atomic mass is 10.1. The molecule has 4 nitrogen and oxygen atoms in total. The highest BCUT2D eigenvalue weighted by molar-refractivity contribution is 7.92. The van der Waals surface area contributed by atoms with Gasteiger partial charge >= 0.3 is 0 Å². The van der Waals surface area contributed by atoms with Gasteiger partial charge in [-0.05, 0) is 6.92 Å². The van der Waals surface area contributed by atoms with Crippen LogP contribution in [0.15, 0.2) is 30.3 Å². The number of hydrogen-bond donors (Lipinski definition) is 0. The van der Waals surface area contributed by atoms with E-state index in [1.54, 1.807) is 30.3 Å². The predicted molar refractivity (Wildman–Crippen MR) is 64.7 cm³/mol. The van der Waals surface area contributed by atoms with Crippen LogP contribution in [-0.2, 0) is 14.6 Å². The molecule has 1 aromatic carbocycles. The molecule has 0 aromatic heterocycles. The highest BCUT2D eigenvalue weighted by atomic mass is 32.2. The zero-order valence-corrected chi connectivity index (χ0v) is 10.5. The molecule has 1 unspecified atom stereocenters. The third kappa shape index (κ3) is 3.78. The van der Waals surface area contributed by atoms with Gasteiger partial charge < -0.3 is 0 Å². The summed E-state index contributed by atoms with van der Waals surface area (Å²) in [5, 5.41) is -1.28. The Balaban J connectivity index is 3.08. The molecular formula is C12H14O4S. The molecule has 0 aliphatic rings. The Bertz CT molecular complexity index is 517. The van der Waals surface area contributed by atoms with Crippen molar-refractivity contribution in [2.75, 3.05) is 6.26 Å². The minimum absolute atomic E-state index is 0.271. The minimum Gasteiger partial charge on any atom is -0.300 e. The summed E-state index contributed by atoms with van der Waals surface area (Å²) < 4.78 is 23.0. The van der Waals surface area contributed by atoms with Gasteiger partial charge in [-0.25, -0.2) is 8.42 Å². The highest BCUT2D eigenvalue weighted by Crippen LogP contribution is 2.13. The number of benzene rings is 1. The van der Waals surface area contributed by atoms with Crippen molar-refractivity contribution < 1.29 is 18.0 Å². The maximum atomic E-state index is 12.0. The largest absolute Gasteiger partial charge is 0.300 e. The van der Waals surface area contributed by atoms with Crippen molar-refractivity contribution in [1.82, 2.24) is 0 Å². The Morgan fingerprint density at radius 1 is 1.18 bits per heavy atom. The lowest BCUT2D eigenvalue weighted by molar-refractivity contribution is -0.116. The molecule has 5 heteroatoms. The Labute approximate surface area is 101 Å². The van der Waals surface area contributed by atoms with Crippen molar-refractivity contribution in [3.8, 4) is 0 Å². The van der Waals surface area contributed by atoms with Crippen LogP contribution < -0.4 is 0 Å². The Kier molecular flexibility index (Phi) is 4.17. The van der Waals surface area contributed by atoms with Gasteiger partial charge in [0.1, 0.15) is 11.0 Å². The molecule has 1 rings (SSSR count). The van der Waals surface area contributed by atoms with Crippen LogP contribution in [0.2, 0.25) is 0 Å². The van der Waals surface area contributed by atoms with Gasteiger partial charge in [-0.15, -0.1) is 0 Å². The summed E-state index contributed by atoms with van der Waals surface area (Å²) in [5.41, 5.74) is 0.309. The summed E-state index contributed by atoms with van der Waals surface area (Å²) in [6, 6.07) is 8.12. The molecule has 0 heterocycles. The third-order valence-corrected chi connectivity index (χ3v) is 3.75. The fourth-order valence-electron chi connectivity index (χ4n) is 1.49. The molecule has 1 aromatic rings. The van der Waals surface area contributed by atoms with Gasteiger partial charge in [0.05, 0.1) is 0 Å². The van der Waals surface area contributed by atoms with E-state index in [4.69, 9.17) is 0 Å². The van der Waals surface area contributed by atoms with E-state index in [0.29, 0.717) is 5.56 Å². The van der Waals surface area contributed by atoms with E-state index < -0.39 is 20.9 Å². The predicted octanol–water partition coefficient (Wildman–Crippen LogP) is 1.26. The number of carbonyl (C=O) groups excluding carboxylic acids is 2. The molecule has 92 valence electrons. The average Bonchev–Trinajstić information content (AvgIpc) is 2.24. The summed E-state index contributed by atoms with van der Waals surface area (Å²) in [4.78, 5) is 23.0. The van der Waals surface area contributed by atoms with E-state index in [0.717, 1.165) is 6.26 Å². The first-order chi connectivity index (χ1) is 7.82. The second-order valence-corrected chi connectivity index (χ2v) is 6.18. The van der Waals surface area contributed by atoms with E-state index in [1.165, 1.54) is 6.92 Å². The molecule has 0 amide bonds. The fraction of sp³-hybridized carbons (Fsp3) is 0.333. The number of sulfone groups is 1. The van der Waals surface area contributed by atoms with E-state index in [9.17, 15) is 18.0 Å². The van der Waals surface area contributed by atoms with Gasteiger partial charge in [0.25, 0.3) is 0 Å². The van der Waals surface area contributed by atoms with Crippen LogP contribution >= 0.6 is 0 Å². The first-order valence-electron chi connectivity index (χ1n) is 5.10. The van der Waals surface area contributed by atoms with Crippen molar-refractivity contribution >= 4 is 21.4 Å². The van der Waals surface area contributed by atoms with E-state index >= 15 is 0 Å². The molecule has 0 spiro atoms. The van der Waals surface area contributed by atoms with Gasteiger partial charge in [-0.2, -0.15) is 0 Å². The van der Waals surface area contributed by atoms with Crippen LogP contribution in [0.4, 0.5) is 0 Å². The Hall–Kier alpha value is -1.49. The van der Waals surface area contributed by atoms with Crippen molar-refractivity contribution in [1.29, 1.82) is 0 Å². The zero-order chi connectivity index (χ0) is 13.1. The molecule has 0 aliphatic heterocycles. The van der Waals surface area contributed by atoms with Crippen molar-refractivity contribution in [2.45, 2.75) is 18.6 Å². The first kappa shape index (κ1) is 13.6. The molecule has 0 radical (unpaired) electrons. The molecule has 0 bridgehead atoms. The number of Topliss-reactive ketones (excluding diaryl/α,β-unsaturated/α-hetero) is 2. The lowest BCUT2D eigenvalue weighted by Gasteiger charge is -2.12. The quantitative estimate of drug-likeness (QED) is 0.742. The second kappa shape index (κ2) is 5.23. The standard InChI is InChI=1S/C12H14O4S/c1-9(13)8-11(17(2,15)16)12(14)10-6-4-3-5-7-10/h3-7,11H,8H2,1-2H3. The number of ketones is 2. The Morgan fingerprint density at radius 2 is 1.71 bits per heavy atom. The summed E-state index contributed by atoms with van der Waals surface area (Å²) >= 11 is 0. The van der Waals surface area contributed by atoms with Crippen molar-refractivity contribution in [3.05, 3.63) is 35.9 Å². The van der Waals surface area contributed by atoms with Crippen LogP contribution in [0.25, 0.3) is 0 Å². The summed E-state index contributed by atoms with van der Waals surface area (Å²) in [6.07, 6.45) is 0.702. The van der Waals surface area contributed by atoms with Crippen LogP contribution in [0, 0.1) is 0 Å². The lowest BCUT2D eigenvalue weighted by Crippen LogP contribution is -2.31. The maximum absolute atomic E-state index is 12.0. The topological polar surface area (TPSA) is 68.3 Å². The second-order valence-electron chi connectivity index (χ2n) is 3.95. The number of rotatable bonds is 5. The zero-order valence-electron chi connectivity index (χ0n) is 9.71. The van der Waals surface area contributed by atoms with Gasteiger partial charge in [0.2, 0.25) is 0 Å². The molecule has 0 fully saturated rings. The van der Waals surface area contributed by atoms with Gasteiger partial charge in [-0.3, -0.25) is 9.59 Å². The maximum Gasteiger partial charge on any atom is 0.181 e. The third-order valence-electron chi connectivity index (χ3n) is 2.34. The smallest absolute Gasteiger partial charge is 0.181 e. The monoisotopic (exact) mass is 254 g/mol.